The maximum atomic E-state index is 11.6. The SMILES string of the molecule is CCC(CC)(CCO)CNC(=O)C(C)(C)N.Cl. The molecule has 0 aliphatic carbocycles. The third-order valence-corrected chi connectivity index (χ3v) is 3.35. The molecule has 0 radical (unpaired) electrons. The molecule has 0 unspecified atom stereocenters. The van der Waals surface area contributed by atoms with E-state index in [1.54, 1.807) is 13.8 Å². The first-order valence-electron chi connectivity index (χ1n) is 5.99. The van der Waals surface area contributed by atoms with Gasteiger partial charge in [-0.3, -0.25) is 4.79 Å². The largest absolute Gasteiger partial charge is 0.396 e. The molecule has 0 atom stereocenters. The molecule has 17 heavy (non-hydrogen) atoms. The van der Waals surface area contributed by atoms with Gasteiger partial charge in [-0.25, -0.2) is 0 Å². The molecule has 0 rings (SSSR count). The van der Waals surface area contributed by atoms with E-state index >= 15 is 0 Å². The minimum atomic E-state index is -0.841. The van der Waals surface area contributed by atoms with Gasteiger partial charge in [0.2, 0.25) is 5.91 Å². The van der Waals surface area contributed by atoms with Crippen LogP contribution in [0.15, 0.2) is 0 Å². The van der Waals surface area contributed by atoms with Crippen LogP contribution in [0.4, 0.5) is 0 Å². The van der Waals surface area contributed by atoms with E-state index in [-0.39, 0.29) is 30.3 Å². The predicted molar refractivity (Wildman–Crippen MR) is 73.2 cm³/mol. The van der Waals surface area contributed by atoms with Gasteiger partial charge in [0.1, 0.15) is 0 Å². The van der Waals surface area contributed by atoms with Crippen LogP contribution in [0.25, 0.3) is 0 Å². The summed E-state index contributed by atoms with van der Waals surface area (Å²) in [5.74, 6) is -0.142. The molecule has 0 aromatic carbocycles. The number of carbonyl (C=O) groups is 1. The van der Waals surface area contributed by atoms with E-state index in [1.165, 1.54) is 0 Å². The van der Waals surface area contributed by atoms with Crippen molar-refractivity contribution in [3.8, 4) is 0 Å². The van der Waals surface area contributed by atoms with Crippen molar-refractivity contribution in [1.82, 2.24) is 5.32 Å². The van der Waals surface area contributed by atoms with Gasteiger partial charge >= 0.3 is 0 Å². The van der Waals surface area contributed by atoms with Gasteiger partial charge in [0.05, 0.1) is 5.54 Å². The van der Waals surface area contributed by atoms with Crippen LogP contribution < -0.4 is 11.1 Å². The summed E-state index contributed by atoms with van der Waals surface area (Å²) in [6.45, 7) is 8.28. The van der Waals surface area contributed by atoms with Gasteiger partial charge in [0, 0.05) is 13.2 Å². The lowest BCUT2D eigenvalue weighted by Gasteiger charge is -2.32. The maximum Gasteiger partial charge on any atom is 0.239 e. The van der Waals surface area contributed by atoms with Crippen LogP contribution in [0, 0.1) is 5.41 Å². The van der Waals surface area contributed by atoms with Crippen molar-refractivity contribution in [2.24, 2.45) is 11.1 Å². The highest BCUT2D eigenvalue weighted by molar-refractivity contribution is 5.85. The quantitative estimate of drug-likeness (QED) is 0.653. The molecule has 0 aromatic rings. The molecule has 0 heterocycles. The summed E-state index contributed by atoms with van der Waals surface area (Å²) in [6.07, 6.45) is 2.59. The zero-order chi connectivity index (χ0) is 12.8. The van der Waals surface area contributed by atoms with Crippen molar-refractivity contribution in [2.75, 3.05) is 13.2 Å². The molecule has 0 saturated heterocycles. The van der Waals surface area contributed by atoms with Gasteiger partial charge in [-0.2, -0.15) is 0 Å². The molecule has 104 valence electrons. The van der Waals surface area contributed by atoms with Crippen molar-refractivity contribution in [1.29, 1.82) is 0 Å². The van der Waals surface area contributed by atoms with E-state index in [1.807, 2.05) is 0 Å². The summed E-state index contributed by atoms with van der Waals surface area (Å²) in [5, 5.41) is 11.9. The Balaban J connectivity index is 0. The topological polar surface area (TPSA) is 75.3 Å². The van der Waals surface area contributed by atoms with E-state index in [2.05, 4.69) is 19.2 Å². The molecular weight excluding hydrogens is 240 g/mol. The van der Waals surface area contributed by atoms with Crippen LogP contribution in [-0.4, -0.2) is 29.7 Å². The van der Waals surface area contributed by atoms with Crippen LogP contribution >= 0.6 is 12.4 Å². The minimum Gasteiger partial charge on any atom is -0.396 e. The second-order valence-corrected chi connectivity index (χ2v) is 5.09. The Bertz CT molecular complexity index is 223. The van der Waals surface area contributed by atoms with Crippen molar-refractivity contribution in [3.63, 3.8) is 0 Å². The predicted octanol–water partition coefficient (Wildman–Crippen LogP) is 1.45. The summed E-state index contributed by atoms with van der Waals surface area (Å²) >= 11 is 0. The lowest BCUT2D eigenvalue weighted by molar-refractivity contribution is -0.125. The van der Waals surface area contributed by atoms with Crippen molar-refractivity contribution in [3.05, 3.63) is 0 Å². The summed E-state index contributed by atoms with van der Waals surface area (Å²) in [4.78, 5) is 11.6. The number of hydrogen-bond acceptors (Lipinski definition) is 3. The Morgan fingerprint density at radius 2 is 1.76 bits per heavy atom. The molecule has 4 nitrogen and oxygen atoms in total. The van der Waals surface area contributed by atoms with Crippen molar-refractivity contribution in [2.45, 2.75) is 52.5 Å². The average molecular weight is 267 g/mol. The first-order chi connectivity index (χ1) is 7.31. The van der Waals surface area contributed by atoms with Gasteiger partial charge in [0.15, 0.2) is 0 Å². The highest BCUT2D eigenvalue weighted by atomic mass is 35.5. The molecule has 0 bridgehead atoms. The zero-order valence-corrected chi connectivity index (χ0v) is 12.2. The molecule has 0 saturated carbocycles. The highest BCUT2D eigenvalue weighted by Gasteiger charge is 2.29. The molecule has 0 aromatic heterocycles. The van der Waals surface area contributed by atoms with E-state index < -0.39 is 5.54 Å². The number of nitrogens with one attached hydrogen (secondary N) is 1. The van der Waals surface area contributed by atoms with Gasteiger partial charge < -0.3 is 16.2 Å². The first kappa shape index (κ1) is 19.0. The fraction of sp³-hybridized carbons (Fsp3) is 0.917. The number of amides is 1. The minimum absolute atomic E-state index is 0. The Labute approximate surface area is 111 Å². The van der Waals surface area contributed by atoms with Crippen molar-refractivity contribution < 1.29 is 9.90 Å². The normalized spacial score (nSPS) is 11.9. The number of aliphatic hydroxyl groups is 1. The number of halogens is 1. The molecule has 0 aliphatic heterocycles. The van der Waals surface area contributed by atoms with E-state index in [0.717, 1.165) is 12.8 Å². The van der Waals surface area contributed by atoms with Gasteiger partial charge in [-0.15, -0.1) is 12.4 Å². The van der Waals surface area contributed by atoms with E-state index in [0.29, 0.717) is 13.0 Å². The lowest BCUT2D eigenvalue weighted by atomic mass is 9.79. The standard InChI is InChI=1S/C12H26N2O2.ClH/c1-5-12(6-2,7-8-15)9-14-10(16)11(3,4)13;/h15H,5-9,13H2,1-4H3,(H,14,16);1H. The summed E-state index contributed by atoms with van der Waals surface area (Å²) in [5.41, 5.74) is 4.86. The first-order valence-corrected chi connectivity index (χ1v) is 5.99. The van der Waals surface area contributed by atoms with Crippen LogP contribution in [0.3, 0.4) is 0 Å². The molecule has 0 spiro atoms. The lowest BCUT2D eigenvalue weighted by Crippen LogP contribution is -2.51. The molecule has 1 amide bonds. The molecular formula is C12H27ClN2O2. The number of aliphatic hydroxyl groups excluding tert-OH is 1. The number of hydrogen-bond donors (Lipinski definition) is 3. The van der Waals surface area contributed by atoms with Crippen LogP contribution in [-0.2, 0) is 4.79 Å². The Morgan fingerprint density at radius 1 is 1.29 bits per heavy atom. The average Bonchev–Trinajstić information content (AvgIpc) is 2.22. The smallest absolute Gasteiger partial charge is 0.239 e. The monoisotopic (exact) mass is 266 g/mol. The summed E-state index contributed by atoms with van der Waals surface area (Å²) in [7, 11) is 0. The number of rotatable bonds is 7. The van der Waals surface area contributed by atoms with Gasteiger partial charge in [-0.1, -0.05) is 13.8 Å². The fourth-order valence-corrected chi connectivity index (χ4v) is 1.67. The maximum absolute atomic E-state index is 11.6. The summed E-state index contributed by atoms with van der Waals surface area (Å²) in [6, 6.07) is 0. The number of nitrogens with two attached hydrogens (primary N) is 1. The van der Waals surface area contributed by atoms with Crippen LogP contribution in [0.1, 0.15) is 47.0 Å². The van der Waals surface area contributed by atoms with Crippen molar-refractivity contribution >= 4 is 18.3 Å². The zero-order valence-electron chi connectivity index (χ0n) is 11.4. The third kappa shape index (κ3) is 6.24. The molecule has 0 fully saturated rings. The molecule has 4 N–H and O–H groups in total. The van der Waals surface area contributed by atoms with E-state index in [9.17, 15) is 4.79 Å². The Hall–Kier alpha value is -0.320. The number of carbonyl (C=O) groups excluding carboxylic acids is 1. The van der Waals surface area contributed by atoms with Crippen LogP contribution in [0.2, 0.25) is 0 Å². The molecule has 5 heteroatoms. The summed E-state index contributed by atoms with van der Waals surface area (Å²) < 4.78 is 0. The van der Waals surface area contributed by atoms with Gasteiger partial charge in [0.25, 0.3) is 0 Å². The van der Waals surface area contributed by atoms with Gasteiger partial charge in [-0.05, 0) is 38.5 Å². The van der Waals surface area contributed by atoms with E-state index in [4.69, 9.17) is 10.8 Å². The molecule has 0 aliphatic rings. The highest BCUT2D eigenvalue weighted by Crippen LogP contribution is 2.29. The fourth-order valence-electron chi connectivity index (χ4n) is 1.67. The Morgan fingerprint density at radius 3 is 2.06 bits per heavy atom. The Kier molecular flexibility index (Phi) is 8.84. The van der Waals surface area contributed by atoms with Crippen LogP contribution in [0.5, 0.6) is 0 Å². The third-order valence-electron chi connectivity index (χ3n) is 3.35. The second kappa shape index (κ2) is 7.90. The second-order valence-electron chi connectivity index (χ2n) is 5.09.